The largest absolute Gasteiger partial charge is 0.508 e. The van der Waals surface area contributed by atoms with Crippen molar-refractivity contribution in [1.82, 2.24) is 4.90 Å². The first kappa shape index (κ1) is 14.9. The van der Waals surface area contributed by atoms with Crippen LogP contribution in [0.3, 0.4) is 0 Å². The van der Waals surface area contributed by atoms with Gasteiger partial charge in [0.25, 0.3) is 0 Å². The quantitative estimate of drug-likeness (QED) is 0.872. The lowest BCUT2D eigenvalue weighted by Gasteiger charge is -2.16. The molecule has 0 fully saturated rings. The van der Waals surface area contributed by atoms with E-state index < -0.39 is 0 Å². The van der Waals surface area contributed by atoms with Gasteiger partial charge in [0.1, 0.15) is 5.75 Å². The molecular formula is C16H19BrN2O. The number of benzene rings is 2. The lowest BCUT2D eigenvalue weighted by molar-refractivity contribution is 0.403. The van der Waals surface area contributed by atoms with Crippen LogP contribution < -0.4 is 5.32 Å². The number of phenolic OH excluding ortho intramolecular Hbond substituents is 1. The molecule has 0 heterocycles. The Kier molecular flexibility index (Phi) is 5.04. The van der Waals surface area contributed by atoms with Crippen molar-refractivity contribution < 1.29 is 5.11 Å². The van der Waals surface area contributed by atoms with Gasteiger partial charge in [-0.3, -0.25) is 0 Å². The molecule has 2 rings (SSSR count). The number of para-hydroxylation sites is 1. The molecule has 0 aliphatic heterocycles. The summed E-state index contributed by atoms with van der Waals surface area (Å²) < 4.78 is 0.966. The van der Waals surface area contributed by atoms with Gasteiger partial charge in [0.05, 0.1) is 0 Å². The number of nitrogens with one attached hydrogen (secondary N) is 1. The molecule has 0 bridgehead atoms. The number of anilines is 1. The van der Waals surface area contributed by atoms with Crippen molar-refractivity contribution in [1.29, 1.82) is 0 Å². The zero-order chi connectivity index (χ0) is 14.5. The van der Waals surface area contributed by atoms with Crippen molar-refractivity contribution in [3.63, 3.8) is 0 Å². The second-order valence-corrected chi connectivity index (χ2v) is 5.94. The van der Waals surface area contributed by atoms with E-state index in [9.17, 15) is 5.11 Å². The summed E-state index contributed by atoms with van der Waals surface area (Å²) in [5, 5.41) is 13.3. The van der Waals surface area contributed by atoms with E-state index in [0.717, 1.165) is 22.3 Å². The molecule has 0 radical (unpaired) electrons. The molecule has 0 aliphatic rings. The van der Waals surface area contributed by atoms with Crippen molar-refractivity contribution in [3.8, 4) is 5.75 Å². The molecule has 0 amide bonds. The van der Waals surface area contributed by atoms with Gasteiger partial charge in [-0.25, -0.2) is 0 Å². The van der Waals surface area contributed by atoms with Crippen LogP contribution >= 0.6 is 15.9 Å². The molecule has 2 aromatic rings. The summed E-state index contributed by atoms with van der Waals surface area (Å²) in [6.45, 7) is 1.48. The topological polar surface area (TPSA) is 35.5 Å². The van der Waals surface area contributed by atoms with Crippen LogP contribution in [0.2, 0.25) is 0 Å². The number of rotatable bonds is 5. The van der Waals surface area contributed by atoms with E-state index in [1.807, 2.05) is 24.3 Å². The molecule has 106 valence electrons. The number of hydrogen-bond donors (Lipinski definition) is 2. The van der Waals surface area contributed by atoms with Gasteiger partial charge in [0, 0.05) is 28.8 Å². The van der Waals surface area contributed by atoms with E-state index in [0.29, 0.717) is 12.3 Å². The van der Waals surface area contributed by atoms with E-state index in [1.54, 1.807) is 6.07 Å². The molecule has 0 aromatic heterocycles. The Labute approximate surface area is 128 Å². The lowest BCUT2D eigenvalue weighted by atomic mass is 10.1. The van der Waals surface area contributed by atoms with Crippen LogP contribution in [0, 0.1) is 0 Å². The highest BCUT2D eigenvalue weighted by Crippen LogP contribution is 2.24. The average molecular weight is 335 g/mol. The normalized spacial score (nSPS) is 10.8. The highest BCUT2D eigenvalue weighted by molar-refractivity contribution is 9.10. The molecule has 2 aromatic carbocycles. The minimum atomic E-state index is 0.311. The van der Waals surface area contributed by atoms with E-state index in [2.05, 4.69) is 52.4 Å². The molecule has 0 aliphatic carbocycles. The smallest absolute Gasteiger partial charge is 0.120 e. The summed E-state index contributed by atoms with van der Waals surface area (Å²) in [6, 6.07) is 13.7. The van der Waals surface area contributed by atoms with Crippen molar-refractivity contribution in [2.24, 2.45) is 0 Å². The summed E-state index contributed by atoms with van der Waals surface area (Å²) >= 11 is 3.42. The van der Waals surface area contributed by atoms with Gasteiger partial charge in [-0.05, 0) is 43.9 Å². The van der Waals surface area contributed by atoms with Crippen LogP contribution in [0.25, 0.3) is 0 Å². The molecule has 0 atom stereocenters. The SMILES string of the molecule is CN(C)Cc1ccccc1NCc1cc(Br)ccc1O. The van der Waals surface area contributed by atoms with Crippen LogP contribution in [-0.4, -0.2) is 24.1 Å². The molecule has 3 nitrogen and oxygen atoms in total. The van der Waals surface area contributed by atoms with Crippen molar-refractivity contribution in [2.45, 2.75) is 13.1 Å². The number of nitrogens with zero attached hydrogens (tertiary/aromatic N) is 1. The Bertz CT molecular complexity index is 584. The van der Waals surface area contributed by atoms with Crippen LogP contribution in [-0.2, 0) is 13.1 Å². The zero-order valence-electron chi connectivity index (χ0n) is 11.7. The van der Waals surface area contributed by atoms with E-state index >= 15 is 0 Å². The third kappa shape index (κ3) is 3.99. The number of aromatic hydroxyl groups is 1. The summed E-state index contributed by atoms with van der Waals surface area (Å²) in [7, 11) is 4.10. The number of hydrogen-bond acceptors (Lipinski definition) is 3. The van der Waals surface area contributed by atoms with Crippen LogP contribution in [0.5, 0.6) is 5.75 Å². The fourth-order valence-corrected chi connectivity index (χ4v) is 2.47. The first-order chi connectivity index (χ1) is 9.56. The minimum Gasteiger partial charge on any atom is -0.508 e. The Balaban J connectivity index is 2.12. The monoisotopic (exact) mass is 334 g/mol. The summed E-state index contributed by atoms with van der Waals surface area (Å²) in [5.74, 6) is 0.311. The third-order valence-electron chi connectivity index (χ3n) is 3.01. The first-order valence-electron chi connectivity index (χ1n) is 6.50. The highest BCUT2D eigenvalue weighted by Gasteiger charge is 2.05. The Morgan fingerprint density at radius 1 is 1.10 bits per heavy atom. The van der Waals surface area contributed by atoms with E-state index in [1.165, 1.54) is 5.56 Å². The van der Waals surface area contributed by atoms with Crippen molar-refractivity contribution >= 4 is 21.6 Å². The molecule has 0 saturated carbocycles. The van der Waals surface area contributed by atoms with Gasteiger partial charge < -0.3 is 15.3 Å². The van der Waals surface area contributed by atoms with Gasteiger partial charge in [0.2, 0.25) is 0 Å². The molecule has 4 heteroatoms. The maximum absolute atomic E-state index is 9.86. The first-order valence-corrected chi connectivity index (χ1v) is 7.29. The van der Waals surface area contributed by atoms with E-state index in [4.69, 9.17) is 0 Å². The van der Waals surface area contributed by atoms with Gasteiger partial charge >= 0.3 is 0 Å². The molecule has 20 heavy (non-hydrogen) atoms. The maximum Gasteiger partial charge on any atom is 0.120 e. The summed E-state index contributed by atoms with van der Waals surface area (Å²) in [6.07, 6.45) is 0. The van der Waals surface area contributed by atoms with Crippen LogP contribution in [0.1, 0.15) is 11.1 Å². The highest BCUT2D eigenvalue weighted by atomic mass is 79.9. The maximum atomic E-state index is 9.86. The zero-order valence-corrected chi connectivity index (χ0v) is 13.3. The van der Waals surface area contributed by atoms with Gasteiger partial charge in [0.15, 0.2) is 0 Å². The van der Waals surface area contributed by atoms with E-state index in [-0.39, 0.29) is 0 Å². The Morgan fingerprint density at radius 2 is 1.85 bits per heavy atom. The molecule has 0 unspecified atom stereocenters. The minimum absolute atomic E-state index is 0.311. The molecule has 0 spiro atoms. The Morgan fingerprint density at radius 3 is 2.60 bits per heavy atom. The standard InChI is InChI=1S/C16H19BrN2O/c1-19(2)11-12-5-3-4-6-15(12)18-10-13-9-14(17)7-8-16(13)20/h3-9,18,20H,10-11H2,1-2H3. The molecule has 0 saturated heterocycles. The second-order valence-electron chi connectivity index (χ2n) is 5.02. The van der Waals surface area contributed by atoms with Crippen molar-refractivity contribution in [2.75, 3.05) is 19.4 Å². The predicted octanol–water partition coefficient (Wildman–Crippen LogP) is 3.83. The number of phenols is 1. The number of halogens is 1. The lowest BCUT2D eigenvalue weighted by Crippen LogP contribution is -2.12. The fraction of sp³-hybridized carbons (Fsp3) is 0.250. The van der Waals surface area contributed by atoms with Gasteiger partial charge in [-0.15, -0.1) is 0 Å². The average Bonchev–Trinajstić information content (AvgIpc) is 2.41. The second kappa shape index (κ2) is 6.77. The van der Waals surface area contributed by atoms with Gasteiger partial charge in [-0.2, -0.15) is 0 Å². The Hall–Kier alpha value is -1.52. The molecule has 2 N–H and O–H groups in total. The third-order valence-corrected chi connectivity index (χ3v) is 3.51. The van der Waals surface area contributed by atoms with Crippen LogP contribution in [0.15, 0.2) is 46.9 Å². The summed E-state index contributed by atoms with van der Waals surface area (Å²) in [4.78, 5) is 2.14. The van der Waals surface area contributed by atoms with Gasteiger partial charge in [-0.1, -0.05) is 34.1 Å². The molecular weight excluding hydrogens is 316 g/mol. The fourth-order valence-electron chi connectivity index (χ4n) is 2.06. The van der Waals surface area contributed by atoms with Crippen molar-refractivity contribution in [3.05, 3.63) is 58.1 Å². The summed E-state index contributed by atoms with van der Waals surface area (Å²) in [5.41, 5.74) is 3.21. The predicted molar refractivity (Wildman–Crippen MR) is 87.0 cm³/mol. The van der Waals surface area contributed by atoms with Crippen LogP contribution in [0.4, 0.5) is 5.69 Å².